The van der Waals surface area contributed by atoms with Gasteiger partial charge in [-0.1, -0.05) is 0 Å². The Morgan fingerprint density at radius 1 is 0.417 bits per heavy atom. The predicted octanol–water partition coefficient (Wildman–Crippen LogP) is 3.94. The molecule has 0 aliphatic carbocycles. The number of hydrogen-bond acceptors (Lipinski definition) is 3. The molecule has 0 aliphatic rings. The zero-order valence-electron chi connectivity index (χ0n) is 19.6. The molecular weight excluding hydrogens is 554 g/mol. The van der Waals surface area contributed by atoms with Crippen molar-refractivity contribution in [3.05, 3.63) is 157 Å². The maximum atomic E-state index is 13.9. The topological polar surface area (TPSA) is 43.4 Å². The van der Waals surface area contributed by atoms with Crippen LogP contribution in [0, 0.1) is 0 Å². The van der Waals surface area contributed by atoms with E-state index in [1.807, 2.05) is 127 Å². The second-order valence-corrected chi connectivity index (χ2v) is 20.8. The predicted molar refractivity (Wildman–Crippen MR) is 147 cm³/mol. The maximum absolute atomic E-state index is 13.9. The van der Waals surface area contributed by atoms with Crippen LogP contribution in [0.3, 0.4) is 0 Å². The van der Waals surface area contributed by atoms with Crippen molar-refractivity contribution in [2.75, 3.05) is 0 Å². The van der Waals surface area contributed by atoms with Crippen LogP contribution < -0.4 is 14.0 Å². The molecule has 3 nitrogen and oxygen atoms in total. The fraction of sp³-hybridized carbons (Fsp3) is 0. The molecule has 0 bridgehead atoms. The van der Waals surface area contributed by atoms with Crippen LogP contribution in [0.4, 0.5) is 0 Å². The fourth-order valence-corrected chi connectivity index (χ4v) is 20.8. The van der Waals surface area contributed by atoms with Crippen molar-refractivity contribution >= 4 is 43.6 Å². The number of carbonyl (C=O) groups excluding carboxylic acids is 2. The molecule has 0 saturated carbocycles. The molecule has 0 atom stereocenters. The summed E-state index contributed by atoms with van der Waals surface area (Å²) >= 11 is -5.42. The number of carbonyl (C=O) groups is 2. The average Bonchev–Trinajstić information content (AvgIpc) is 2.98. The zero-order valence-corrected chi connectivity index (χ0v) is 22.2. The van der Waals surface area contributed by atoms with Crippen LogP contribution in [-0.2, 0) is 7.81 Å². The number of ketones is 1. The molecule has 0 heterocycles. The van der Waals surface area contributed by atoms with Crippen LogP contribution in [-0.4, -0.2) is 29.6 Å². The van der Waals surface area contributed by atoms with E-state index < -0.39 is 29.6 Å². The molecule has 0 spiro atoms. The molecule has 0 radical (unpaired) electrons. The van der Waals surface area contributed by atoms with Gasteiger partial charge < -0.3 is 0 Å². The van der Waals surface area contributed by atoms with Gasteiger partial charge >= 0.3 is 213 Å². The second kappa shape index (κ2) is 9.97. The Hall–Kier alpha value is -3.94. The molecule has 0 fully saturated rings. The van der Waals surface area contributed by atoms with Gasteiger partial charge in [0.2, 0.25) is 0 Å². The van der Waals surface area contributed by atoms with E-state index in [2.05, 4.69) is 0 Å². The molecule has 0 unspecified atom stereocenters. The Balaban J connectivity index is 1.92. The molecule has 36 heavy (non-hydrogen) atoms. The third-order valence-corrected chi connectivity index (χ3v) is 22.7. The molecule has 0 saturated heterocycles. The van der Waals surface area contributed by atoms with Crippen molar-refractivity contribution in [1.82, 2.24) is 0 Å². The quantitative estimate of drug-likeness (QED) is 0.167. The van der Waals surface area contributed by atoms with Gasteiger partial charge in [-0.05, 0) is 0 Å². The first-order chi connectivity index (χ1) is 17.7. The Morgan fingerprint density at radius 2 is 0.694 bits per heavy atom. The summed E-state index contributed by atoms with van der Waals surface area (Å²) in [5, 5.41) is 0. The molecule has 0 N–H and O–H groups in total. The first-order valence-corrected chi connectivity index (χ1v) is 17.9. The average molecular weight is 579 g/mol. The summed E-state index contributed by atoms with van der Waals surface area (Å²) in [5.41, 5.74) is 0.304. The third-order valence-electron chi connectivity index (χ3n) is 6.48. The molecule has 5 rings (SSSR count). The van der Waals surface area contributed by atoms with Crippen molar-refractivity contribution in [2.24, 2.45) is 0 Å². The number of Topliss-reactive ketones (excluding diaryl/α,β-unsaturated/α-hetero) is 1. The van der Waals surface area contributed by atoms with Crippen LogP contribution in [0.15, 0.2) is 152 Å². The monoisotopic (exact) mass is 578 g/mol. The van der Waals surface area contributed by atoms with Crippen LogP contribution in [0.2, 0.25) is 0 Å². The molecule has 176 valence electrons. The third kappa shape index (κ3) is 3.77. The number of hydrogen-bond donors (Lipinski definition) is 0. The Morgan fingerprint density at radius 3 is 1.00 bits per heavy atom. The molecule has 5 aromatic rings. The first-order valence-electron chi connectivity index (χ1n) is 11.7. The number of benzene rings is 5. The van der Waals surface area contributed by atoms with Gasteiger partial charge in [0, 0.05) is 0 Å². The van der Waals surface area contributed by atoms with Gasteiger partial charge in [-0.3, -0.25) is 0 Å². The molecule has 0 aromatic heterocycles. The summed E-state index contributed by atoms with van der Waals surface area (Å²) in [6.45, 7) is 0. The minimum atomic E-state index is -5.42. The van der Waals surface area contributed by atoms with E-state index in [9.17, 15) is 9.59 Å². The van der Waals surface area contributed by atoms with Gasteiger partial charge in [0.15, 0.2) is 0 Å². The van der Waals surface area contributed by atoms with E-state index in [-0.39, 0.29) is 0 Å². The van der Waals surface area contributed by atoms with E-state index in [0.717, 1.165) is 14.0 Å². The van der Waals surface area contributed by atoms with Crippen LogP contribution in [0.25, 0.3) is 0 Å². The molecular formula is C32H25O3Sb. The molecule has 0 amide bonds. The van der Waals surface area contributed by atoms with Gasteiger partial charge in [0.05, 0.1) is 0 Å². The Kier molecular flexibility index (Phi) is 6.59. The van der Waals surface area contributed by atoms with Crippen LogP contribution >= 0.6 is 0 Å². The van der Waals surface area contributed by atoms with E-state index in [1.54, 1.807) is 24.3 Å². The van der Waals surface area contributed by atoms with E-state index in [4.69, 9.17) is 3.02 Å². The Labute approximate surface area is 212 Å². The van der Waals surface area contributed by atoms with Crippen LogP contribution in [0.1, 0.15) is 10.4 Å². The summed E-state index contributed by atoms with van der Waals surface area (Å²) in [6.07, 6.45) is 0. The van der Waals surface area contributed by atoms with Crippen molar-refractivity contribution < 1.29 is 12.6 Å². The summed E-state index contributed by atoms with van der Waals surface area (Å²) in [5.74, 6) is -1.52. The summed E-state index contributed by atoms with van der Waals surface area (Å²) in [4.78, 5) is 27.4. The van der Waals surface area contributed by atoms with E-state index in [1.165, 1.54) is 0 Å². The van der Waals surface area contributed by atoms with Crippen molar-refractivity contribution in [2.45, 2.75) is 0 Å². The molecule has 0 aliphatic heterocycles. The van der Waals surface area contributed by atoms with Crippen LogP contribution in [0.5, 0.6) is 0 Å². The molecule has 5 aromatic carbocycles. The number of rotatable bonds is 7. The van der Waals surface area contributed by atoms with E-state index >= 15 is 0 Å². The SMILES string of the molecule is O=C([O][Sb]([c]1ccccc1)([c]1ccccc1)([c]1ccccc1)[c]1ccccc1)C(=O)c1ccccc1. The molecule has 4 heteroatoms. The van der Waals surface area contributed by atoms with Gasteiger partial charge in [-0.15, -0.1) is 0 Å². The standard InChI is InChI=1S/C8H6O3.4C6H5.Sb/c9-7(8(10)11)6-4-2-1-3-5-6;4*1-2-4-6-5-3-1;/h1-5H,(H,10,11);4*1-5H;/q;;;;;+1/p-1. The summed E-state index contributed by atoms with van der Waals surface area (Å²) in [6, 6.07) is 48.2. The summed E-state index contributed by atoms with van der Waals surface area (Å²) in [7, 11) is 0. The van der Waals surface area contributed by atoms with Crippen molar-refractivity contribution in [1.29, 1.82) is 0 Å². The van der Waals surface area contributed by atoms with Gasteiger partial charge in [-0.2, -0.15) is 0 Å². The fourth-order valence-electron chi connectivity index (χ4n) is 4.87. The van der Waals surface area contributed by atoms with Gasteiger partial charge in [0.25, 0.3) is 0 Å². The van der Waals surface area contributed by atoms with Crippen molar-refractivity contribution in [3.8, 4) is 0 Å². The minimum absolute atomic E-state index is 0.304. The first kappa shape index (κ1) is 23.8. The normalized spacial score (nSPS) is 12.2. The van der Waals surface area contributed by atoms with Gasteiger partial charge in [0.1, 0.15) is 0 Å². The second-order valence-electron chi connectivity index (χ2n) is 8.45. The van der Waals surface area contributed by atoms with Crippen molar-refractivity contribution in [3.63, 3.8) is 0 Å². The summed E-state index contributed by atoms with van der Waals surface area (Å²) < 4.78 is 10.5. The zero-order chi connectivity index (χ0) is 24.9. The van der Waals surface area contributed by atoms with E-state index in [0.29, 0.717) is 5.56 Å². The Bertz CT molecular complexity index is 1300. The van der Waals surface area contributed by atoms with Gasteiger partial charge in [-0.25, -0.2) is 0 Å².